The number of hydrogen-bond acceptors (Lipinski definition) is 10. The van der Waals surface area contributed by atoms with Gasteiger partial charge < -0.3 is 45.2 Å². The average molecular weight is 429 g/mol. The van der Waals surface area contributed by atoms with Crippen molar-refractivity contribution in [1.29, 1.82) is 0 Å². The Morgan fingerprint density at radius 1 is 0.900 bits per heavy atom. The fourth-order valence-electron chi connectivity index (χ4n) is 4.04. The highest BCUT2D eigenvalue weighted by Crippen LogP contribution is 2.28. The van der Waals surface area contributed by atoms with Gasteiger partial charge in [0, 0.05) is 13.1 Å². The summed E-state index contributed by atoms with van der Waals surface area (Å²) in [5.74, 6) is 0. The molecule has 0 aliphatic carbocycles. The van der Waals surface area contributed by atoms with Crippen LogP contribution in [0.2, 0.25) is 0 Å². The molecule has 1 aromatic carbocycles. The van der Waals surface area contributed by atoms with E-state index in [1.807, 2.05) is 30.3 Å². The maximum atomic E-state index is 10.5. The lowest BCUT2D eigenvalue weighted by Crippen LogP contribution is -2.66. The Balaban J connectivity index is 1.72. The summed E-state index contributed by atoms with van der Waals surface area (Å²) in [6.45, 7) is -0.407. The normalized spacial score (nSPS) is 40.4. The fraction of sp³-hybridized carbons (Fsp3) is 0.700. The molecule has 0 unspecified atom stereocenters. The standard InChI is InChI=1S/C20H31NO9/c22-9-12-19(30-20-18(28)17(27)16(26)14(10-23)29-20)15(25)13(24)8-21(12)7-6-11-4-2-1-3-5-11/h1-5,12-20,22-28H,6-10H2/t12-,13+,14-,15-,16-,17+,18-,19-,20-/m1/s1. The summed E-state index contributed by atoms with van der Waals surface area (Å²) in [5.41, 5.74) is 1.07. The van der Waals surface area contributed by atoms with Crippen molar-refractivity contribution in [3.63, 3.8) is 0 Å². The molecule has 0 spiro atoms. The lowest BCUT2D eigenvalue weighted by Gasteiger charge is -2.48. The zero-order valence-electron chi connectivity index (χ0n) is 16.5. The van der Waals surface area contributed by atoms with Gasteiger partial charge in [0.25, 0.3) is 0 Å². The third-order valence-electron chi connectivity index (χ3n) is 5.86. The number of hydrogen-bond donors (Lipinski definition) is 7. The zero-order chi connectivity index (χ0) is 21.8. The number of rotatable bonds is 7. The van der Waals surface area contributed by atoms with Crippen LogP contribution in [0.3, 0.4) is 0 Å². The molecule has 9 atom stereocenters. The summed E-state index contributed by atoms with van der Waals surface area (Å²) in [6.07, 6.45) is -10.5. The van der Waals surface area contributed by atoms with Gasteiger partial charge in [0.15, 0.2) is 6.29 Å². The third-order valence-corrected chi connectivity index (χ3v) is 5.86. The lowest BCUT2D eigenvalue weighted by atomic mass is 9.93. The van der Waals surface area contributed by atoms with Crippen molar-refractivity contribution in [2.24, 2.45) is 0 Å². The van der Waals surface area contributed by atoms with Crippen molar-refractivity contribution in [3.05, 3.63) is 35.9 Å². The van der Waals surface area contributed by atoms with Crippen LogP contribution < -0.4 is 0 Å². The van der Waals surface area contributed by atoms with Crippen LogP contribution >= 0.6 is 0 Å². The summed E-state index contributed by atoms with van der Waals surface area (Å²) in [5, 5.41) is 70.2. The minimum atomic E-state index is -1.65. The quantitative estimate of drug-likeness (QED) is 0.235. The molecule has 0 radical (unpaired) electrons. The first-order valence-corrected chi connectivity index (χ1v) is 10.1. The topological polar surface area (TPSA) is 163 Å². The fourth-order valence-corrected chi connectivity index (χ4v) is 4.04. The summed E-state index contributed by atoms with van der Waals surface area (Å²) in [6, 6.07) is 8.96. The van der Waals surface area contributed by atoms with Crippen LogP contribution in [0.5, 0.6) is 0 Å². The van der Waals surface area contributed by atoms with E-state index in [4.69, 9.17) is 9.47 Å². The molecule has 2 heterocycles. The smallest absolute Gasteiger partial charge is 0.187 e. The van der Waals surface area contributed by atoms with Crippen molar-refractivity contribution in [2.45, 2.75) is 61.5 Å². The highest BCUT2D eigenvalue weighted by atomic mass is 16.7. The molecule has 2 saturated heterocycles. The van der Waals surface area contributed by atoms with Crippen molar-refractivity contribution >= 4 is 0 Å². The van der Waals surface area contributed by atoms with E-state index in [9.17, 15) is 35.7 Å². The summed E-state index contributed by atoms with van der Waals surface area (Å²) >= 11 is 0. The number of aliphatic hydroxyl groups is 7. The van der Waals surface area contributed by atoms with E-state index < -0.39 is 61.7 Å². The van der Waals surface area contributed by atoms with Gasteiger partial charge in [0.05, 0.1) is 25.4 Å². The first kappa shape index (κ1) is 23.5. The number of β-amino-alcohol motifs (C(OH)–C–C–N with tert-alkyl or cyclic N) is 1. The summed E-state index contributed by atoms with van der Waals surface area (Å²) < 4.78 is 11.0. The molecule has 2 fully saturated rings. The third kappa shape index (κ3) is 5.00. The largest absolute Gasteiger partial charge is 0.395 e. The first-order valence-electron chi connectivity index (χ1n) is 10.1. The van der Waals surface area contributed by atoms with E-state index in [1.54, 1.807) is 4.90 Å². The van der Waals surface area contributed by atoms with E-state index in [0.29, 0.717) is 13.0 Å². The Labute approximate surface area is 174 Å². The Kier molecular flexibility index (Phi) is 8.16. The van der Waals surface area contributed by atoms with Gasteiger partial charge in [-0.1, -0.05) is 30.3 Å². The molecule has 0 aromatic heterocycles. The molecule has 10 heteroatoms. The number of aliphatic hydroxyl groups excluding tert-OH is 7. The van der Waals surface area contributed by atoms with E-state index in [1.165, 1.54) is 0 Å². The van der Waals surface area contributed by atoms with Crippen LogP contribution in [0.15, 0.2) is 30.3 Å². The average Bonchev–Trinajstić information content (AvgIpc) is 2.76. The van der Waals surface area contributed by atoms with Gasteiger partial charge in [-0.2, -0.15) is 0 Å². The lowest BCUT2D eigenvalue weighted by molar-refractivity contribution is -0.328. The van der Waals surface area contributed by atoms with Gasteiger partial charge in [-0.15, -0.1) is 0 Å². The van der Waals surface area contributed by atoms with E-state index in [2.05, 4.69) is 0 Å². The second kappa shape index (κ2) is 10.4. The molecule has 3 rings (SSSR count). The van der Waals surface area contributed by atoms with Crippen molar-refractivity contribution in [3.8, 4) is 0 Å². The van der Waals surface area contributed by atoms with E-state index in [-0.39, 0.29) is 13.2 Å². The predicted molar refractivity (Wildman–Crippen MR) is 103 cm³/mol. The molecule has 170 valence electrons. The molecule has 0 amide bonds. The Morgan fingerprint density at radius 2 is 1.60 bits per heavy atom. The summed E-state index contributed by atoms with van der Waals surface area (Å²) in [4.78, 5) is 1.79. The van der Waals surface area contributed by atoms with Gasteiger partial charge in [0.2, 0.25) is 0 Å². The predicted octanol–water partition coefficient (Wildman–Crippen LogP) is -3.19. The maximum Gasteiger partial charge on any atom is 0.187 e. The van der Waals surface area contributed by atoms with Gasteiger partial charge in [-0.3, -0.25) is 4.90 Å². The molecule has 2 aliphatic heterocycles. The second-order valence-electron chi connectivity index (χ2n) is 7.84. The maximum absolute atomic E-state index is 10.5. The highest BCUT2D eigenvalue weighted by molar-refractivity contribution is 5.15. The van der Waals surface area contributed by atoms with Gasteiger partial charge >= 0.3 is 0 Å². The summed E-state index contributed by atoms with van der Waals surface area (Å²) in [7, 11) is 0. The molecule has 0 saturated carbocycles. The molecular formula is C20H31NO9. The van der Waals surface area contributed by atoms with Gasteiger partial charge in [-0.05, 0) is 12.0 Å². The number of piperidine rings is 1. The van der Waals surface area contributed by atoms with Crippen LogP contribution in [0, 0.1) is 0 Å². The SMILES string of the molecule is OC[C@@H]1[C@@H](O[C@H]2O[C@H](CO)[C@@H](O)[C@H](O)[C@H]2O)[C@H](O)[C@@H](O)CN1CCc1ccccc1. The van der Waals surface area contributed by atoms with Gasteiger partial charge in [0.1, 0.15) is 36.6 Å². The number of likely N-dealkylation sites (tertiary alicyclic amines) is 1. The highest BCUT2D eigenvalue weighted by Gasteiger charge is 2.49. The minimum absolute atomic E-state index is 0.119. The first-order chi connectivity index (χ1) is 14.4. The molecule has 10 nitrogen and oxygen atoms in total. The van der Waals surface area contributed by atoms with Crippen LogP contribution in [0.1, 0.15) is 5.56 Å². The van der Waals surface area contributed by atoms with E-state index in [0.717, 1.165) is 5.56 Å². The molecule has 2 aliphatic rings. The molecule has 7 N–H and O–H groups in total. The molecular weight excluding hydrogens is 398 g/mol. The number of nitrogens with zero attached hydrogens (tertiary/aromatic N) is 1. The van der Waals surface area contributed by atoms with Crippen LogP contribution in [0.4, 0.5) is 0 Å². The van der Waals surface area contributed by atoms with Crippen LogP contribution in [-0.4, -0.2) is 122 Å². The van der Waals surface area contributed by atoms with Crippen molar-refractivity contribution in [2.75, 3.05) is 26.3 Å². The van der Waals surface area contributed by atoms with Gasteiger partial charge in [-0.25, -0.2) is 0 Å². The zero-order valence-corrected chi connectivity index (χ0v) is 16.5. The Morgan fingerprint density at radius 3 is 2.23 bits per heavy atom. The Hall–Kier alpha value is -1.18. The monoisotopic (exact) mass is 429 g/mol. The molecule has 30 heavy (non-hydrogen) atoms. The minimum Gasteiger partial charge on any atom is -0.395 e. The van der Waals surface area contributed by atoms with Crippen molar-refractivity contribution < 1.29 is 45.2 Å². The molecule has 1 aromatic rings. The number of benzene rings is 1. The van der Waals surface area contributed by atoms with E-state index >= 15 is 0 Å². The van der Waals surface area contributed by atoms with Crippen LogP contribution in [0.25, 0.3) is 0 Å². The Bertz CT molecular complexity index is 648. The second-order valence-corrected chi connectivity index (χ2v) is 7.84. The van der Waals surface area contributed by atoms with Crippen molar-refractivity contribution in [1.82, 2.24) is 4.90 Å². The number of ether oxygens (including phenoxy) is 2. The van der Waals surface area contributed by atoms with Crippen LogP contribution in [-0.2, 0) is 15.9 Å². The molecule has 0 bridgehead atoms.